The average Bonchev–Trinajstić information content (AvgIpc) is 2.48. The first-order valence-corrected chi connectivity index (χ1v) is 6.56. The quantitative estimate of drug-likeness (QED) is 0.655. The molecule has 0 spiro atoms. The highest BCUT2D eigenvalue weighted by Gasteiger charge is 2.13. The van der Waals surface area contributed by atoms with Crippen molar-refractivity contribution in [3.05, 3.63) is 58.6 Å². The summed E-state index contributed by atoms with van der Waals surface area (Å²) >= 11 is 7.89. The average molecular weight is 247 g/mol. The summed E-state index contributed by atoms with van der Waals surface area (Å²) in [7, 11) is 0. The molecule has 1 aliphatic heterocycles. The van der Waals surface area contributed by atoms with E-state index >= 15 is 0 Å². The maximum Gasteiger partial charge on any atom is 0.0409 e. The van der Waals surface area contributed by atoms with E-state index in [-0.39, 0.29) is 0 Å². The molecule has 0 saturated heterocycles. The van der Waals surface area contributed by atoms with Gasteiger partial charge in [0.15, 0.2) is 0 Å². The molecule has 0 radical (unpaired) electrons. The second-order valence-corrected chi connectivity index (χ2v) is 5.48. The van der Waals surface area contributed by atoms with Gasteiger partial charge < -0.3 is 0 Å². The van der Waals surface area contributed by atoms with Crippen molar-refractivity contribution >= 4 is 23.4 Å². The summed E-state index contributed by atoms with van der Waals surface area (Å²) in [6.45, 7) is 0. The van der Waals surface area contributed by atoms with Crippen LogP contribution in [0.1, 0.15) is 11.1 Å². The molecule has 0 N–H and O–H groups in total. The van der Waals surface area contributed by atoms with Gasteiger partial charge in [-0.15, -0.1) is 0 Å². The summed E-state index contributed by atoms with van der Waals surface area (Å²) in [6.07, 6.45) is 2.19. The minimum absolute atomic E-state index is 0.838. The van der Waals surface area contributed by atoms with E-state index in [1.807, 2.05) is 17.8 Å². The van der Waals surface area contributed by atoms with Gasteiger partial charge in [-0.3, -0.25) is 0 Å². The Kier molecular flexibility index (Phi) is 2.66. The molecule has 0 amide bonds. The van der Waals surface area contributed by atoms with Gasteiger partial charge in [-0.1, -0.05) is 41.6 Å². The molecule has 1 heterocycles. The maximum absolute atomic E-state index is 6.03. The van der Waals surface area contributed by atoms with Gasteiger partial charge in [0.2, 0.25) is 0 Å². The minimum Gasteiger partial charge on any atom is -0.0895 e. The van der Waals surface area contributed by atoms with Crippen LogP contribution in [0.3, 0.4) is 0 Å². The van der Waals surface area contributed by atoms with E-state index in [2.05, 4.69) is 36.4 Å². The lowest BCUT2D eigenvalue weighted by atomic mass is 10.0. The third kappa shape index (κ3) is 1.85. The van der Waals surface area contributed by atoms with Crippen LogP contribution in [-0.2, 0) is 12.8 Å². The van der Waals surface area contributed by atoms with Crippen molar-refractivity contribution in [1.29, 1.82) is 0 Å². The van der Waals surface area contributed by atoms with Gasteiger partial charge in [-0.25, -0.2) is 0 Å². The molecule has 3 rings (SSSR count). The van der Waals surface area contributed by atoms with Gasteiger partial charge in [0, 0.05) is 14.8 Å². The lowest BCUT2D eigenvalue weighted by molar-refractivity contribution is 0.928. The zero-order valence-electron chi connectivity index (χ0n) is 8.74. The maximum atomic E-state index is 6.03. The summed E-state index contributed by atoms with van der Waals surface area (Å²) in [5.41, 5.74) is 2.81. The smallest absolute Gasteiger partial charge is 0.0409 e. The van der Waals surface area contributed by atoms with Gasteiger partial charge in [0.1, 0.15) is 0 Å². The number of hydrogen-bond acceptors (Lipinski definition) is 1. The monoisotopic (exact) mass is 246 g/mol. The fourth-order valence-corrected chi connectivity index (χ4v) is 3.35. The van der Waals surface area contributed by atoms with E-state index in [0.29, 0.717) is 0 Å². The van der Waals surface area contributed by atoms with Gasteiger partial charge in [0.25, 0.3) is 0 Å². The van der Waals surface area contributed by atoms with Crippen molar-refractivity contribution in [2.75, 3.05) is 0 Å². The van der Waals surface area contributed by atoms with Crippen molar-refractivity contribution < 1.29 is 0 Å². The van der Waals surface area contributed by atoms with E-state index in [4.69, 9.17) is 11.6 Å². The van der Waals surface area contributed by atoms with Crippen molar-refractivity contribution in [2.45, 2.75) is 22.6 Å². The lowest BCUT2D eigenvalue weighted by Gasteiger charge is -2.05. The van der Waals surface area contributed by atoms with Crippen LogP contribution in [0, 0.1) is 0 Å². The summed E-state index contributed by atoms with van der Waals surface area (Å²) < 4.78 is 0. The highest BCUT2D eigenvalue weighted by atomic mass is 35.5. The second-order valence-electron chi connectivity index (χ2n) is 3.96. The number of aryl methyl sites for hydroxylation is 2. The van der Waals surface area contributed by atoms with E-state index in [9.17, 15) is 0 Å². The third-order valence-corrected chi connectivity index (χ3v) is 4.35. The molecule has 0 aromatic heterocycles. The first-order chi connectivity index (χ1) is 7.83. The largest absolute Gasteiger partial charge is 0.0895 e. The van der Waals surface area contributed by atoms with Crippen LogP contribution in [0.15, 0.2) is 52.3 Å². The molecule has 0 nitrogen and oxygen atoms in total. The predicted molar refractivity (Wildman–Crippen MR) is 69.4 cm³/mol. The molecule has 0 fully saturated rings. The van der Waals surface area contributed by atoms with Crippen LogP contribution in [0.25, 0.3) is 0 Å². The summed E-state index contributed by atoms with van der Waals surface area (Å²) in [6, 6.07) is 14.8. The van der Waals surface area contributed by atoms with Crippen LogP contribution >= 0.6 is 23.4 Å². The highest BCUT2D eigenvalue weighted by Crippen LogP contribution is 2.37. The summed E-state index contributed by atoms with van der Waals surface area (Å²) in [5, 5.41) is 0.838. The molecule has 0 unspecified atom stereocenters. The Balaban J connectivity index is 2.08. The van der Waals surface area contributed by atoms with Gasteiger partial charge in [0.05, 0.1) is 0 Å². The van der Waals surface area contributed by atoms with Gasteiger partial charge >= 0.3 is 0 Å². The molecular weight excluding hydrogens is 236 g/mol. The number of hydrogen-bond donors (Lipinski definition) is 0. The first kappa shape index (κ1) is 10.2. The van der Waals surface area contributed by atoms with E-state index in [1.165, 1.54) is 20.9 Å². The van der Waals surface area contributed by atoms with E-state index in [0.717, 1.165) is 17.9 Å². The topological polar surface area (TPSA) is 0 Å². The Bertz CT molecular complexity index is 534. The molecule has 80 valence electrons. The molecular formula is C14H11ClS. The van der Waals surface area contributed by atoms with E-state index < -0.39 is 0 Å². The first-order valence-electron chi connectivity index (χ1n) is 5.37. The van der Waals surface area contributed by atoms with Gasteiger partial charge in [-0.2, -0.15) is 0 Å². The number of halogens is 1. The number of fused-ring (bicyclic) bond motifs is 2. The Morgan fingerprint density at radius 1 is 0.875 bits per heavy atom. The molecule has 0 aliphatic carbocycles. The predicted octanol–water partition coefficient (Wildman–Crippen LogP) is 4.59. The molecule has 2 aromatic carbocycles. The van der Waals surface area contributed by atoms with Crippen molar-refractivity contribution in [2.24, 2.45) is 0 Å². The summed E-state index contributed by atoms with van der Waals surface area (Å²) in [5.74, 6) is 0. The van der Waals surface area contributed by atoms with Crippen molar-refractivity contribution in [1.82, 2.24) is 0 Å². The molecule has 2 heteroatoms. The number of rotatable bonds is 0. The van der Waals surface area contributed by atoms with Gasteiger partial charge in [-0.05, 0) is 48.2 Å². The highest BCUT2D eigenvalue weighted by molar-refractivity contribution is 7.99. The second kappa shape index (κ2) is 4.15. The molecule has 1 aliphatic rings. The SMILES string of the molecule is Clc1ccc2c(c1)CCc1ccccc1S2. The molecule has 2 aromatic rings. The minimum atomic E-state index is 0.838. The van der Waals surface area contributed by atoms with Crippen LogP contribution in [0.5, 0.6) is 0 Å². The molecule has 16 heavy (non-hydrogen) atoms. The fraction of sp³-hybridized carbons (Fsp3) is 0.143. The van der Waals surface area contributed by atoms with E-state index in [1.54, 1.807) is 0 Å². The normalized spacial score (nSPS) is 13.8. The number of benzene rings is 2. The Labute approximate surface area is 105 Å². The Morgan fingerprint density at radius 2 is 1.62 bits per heavy atom. The van der Waals surface area contributed by atoms with Crippen LogP contribution in [0.4, 0.5) is 0 Å². The van der Waals surface area contributed by atoms with Crippen LogP contribution in [0.2, 0.25) is 5.02 Å². The lowest BCUT2D eigenvalue weighted by Crippen LogP contribution is -1.90. The molecule has 0 atom stereocenters. The van der Waals surface area contributed by atoms with Crippen molar-refractivity contribution in [3.63, 3.8) is 0 Å². The Morgan fingerprint density at radius 3 is 2.56 bits per heavy atom. The molecule has 0 bridgehead atoms. The standard InChI is InChI=1S/C14H11ClS/c15-12-7-8-14-11(9-12)6-5-10-3-1-2-4-13(10)16-14/h1-4,7-9H,5-6H2. The van der Waals surface area contributed by atoms with Crippen molar-refractivity contribution in [3.8, 4) is 0 Å². The molecule has 0 saturated carbocycles. The zero-order chi connectivity index (χ0) is 11.0. The Hall–Kier alpha value is -0.920. The summed E-state index contributed by atoms with van der Waals surface area (Å²) in [4.78, 5) is 2.72. The zero-order valence-corrected chi connectivity index (χ0v) is 10.3. The fourth-order valence-electron chi connectivity index (χ4n) is 2.04. The van der Waals surface area contributed by atoms with Crippen LogP contribution < -0.4 is 0 Å². The third-order valence-electron chi connectivity index (χ3n) is 2.88. The van der Waals surface area contributed by atoms with Crippen LogP contribution in [-0.4, -0.2) is 0 Å².